The summed E-state index contributed by atoms with van der Waals surface area (Å²) in [5.41, 5.74) is 6.89. The van der Waals surface area contributed by atoms with E-state index in [1.807, 2.05) is 92.6 Å². The number of hydrogen-bond donors (Lipinski definition) is 11. The number of carboxylic acid groups (broad SMARTS) is 1. The molecule has 6 unspecified atom stereocenters. The van der Waals surface area contributed by atoms with Crippen LogP contribution >= 0.6 is 0 Å². The van der Waals surface area contributed by atoms with E-state index in [0.717, 1.165) is 5.56 Å². The van der Waals surface area contributed by atoms with E-state index in [-0.39, 0.29) is 142 Å². The lowest BCUT2D eigenvalue weighted by atomic mass is 9.89. The summed E-state index contributed by atoms with van der Waals surface area (Å²) >= 11 is 0. The highest BCUT2D eigenvalue weighted by Crippen LogP contribution is 2.30. The minimum absolute atomic E-state index is 0. The maximum Gasteiger partial charge on any atom is 0.407 e. The molecule has 0 saturated carbocycles. The highest BCUT2D eigenvalue weighted by atomic mass is 16.7. The maximum atomic E-state index is 14.4. The number of ether oxygens (including phenoxy) is 12. The van der Waals surface area contributed by atoms with Crippen LogP contribution in [0.25, 0.3) is 0 Å². The van der Waals surface area contributed by atoms with Gasteiger partial charge in [0, 0.05) is 68.7 Å². The fraction of sp³-hybridized carbons (Fsp3) is 0.787. The first-order valence-electron chi connectivity index (χ1n) is 36.9. The Kier molecular flexibility index (Phi) is 59.1. The van der Waals surface area contributed by atoms with Gasteiger partial charge < -0.3 is 124 Å². The van der Waals surface area contributed by atoms with Crippen LogP contribution < -0.4 is 32.3 Å². The molecule has 1 saturated heterocycles. The number of nitrogens with two attached hydrogens (primary N) is 1. The van der Waals surface area contributed by atoms with Crippen LogP contribution in [0.4, 0.5) is 9.59 Å². The Bertz CT molecular complexity index is 2700. The van der Waals surface area contributed by atoms with Crippen molar-refractivity contribution >= 4 is 59.6 Å². The highest BCUT2D eigenvalue weighted by molar-refractivity contribution is 5.91. The lowest BCUT2D eigenvalue weighted by Gasteiger charge is -2.41. The summed E-state index contributed by atoms with van der Waals surface area (Å²) < 4.78 is 63.2. The number of amides is 7. The highest BCUT2D eigenvalue weighted by Gasteiger charge is 2.44. The van der Waals surface area contributed by atoms with Crippen molar-refractivity contribution in [1.82, 2.24) is 36.4 Å². The molecule has 1 heterocycles. The van der Waals surface area contributed by atoms with Crippen molar-refractivity contribution in [3.8, 4) is 0 Å². The Morgan fingerprint density at radius 3 is 1.55 bits per heavy atom. The number of aliphatic hydroxyl groups excluding tert-OH is 4. The zero-order valence-corrected chi connectivity index (χ0v) is 66.7. The van der Waals surface area contributed by atoms with Gasteiger partial charge in [0.2, 0.25) is 29.5 Å². The molecule has 640 valence electrons. The number of rotatable bonds is 51. The molecule has 0 spiro atoms. The molecule has 35 heteroatoms. The third-order valence-electron chi connectivity index (χ3n) is 17.8. The van der Waals surface area contributed by atoms with Crippen LogP contribution in [0.5, 0.6) is 0 Å². The van der Waals surface area contributed by atoms with Crippen LogP contribution in [-0.2, 0) is 102 Å². The van der Waals surface area contributed by atoms with E-state index in [0.29, 0.717) is 45.1 Å². The number of benzene rings is 1. The van der Waals surface area contributed by atoms with E-state index in [4.69, 9.17) is 83.0 Å². The monoisotopic (exact) mass is 1580 g/mol. The van der Waals surface area contributed by atoms with Gasteiger partial charge in [-0.3, -0.25) is 33.6 Å². The largest absolute Gasteiger partial charge is 0.481 e. The molecule has 35 nitrogen and oxygen atoms in total. The second-order valence-corrected chi connectivity index (χ2v) is 26.6. The number of carboxylic acids is 1. The smallest absolute Gasteiger partial charge is 0.407 e. The first kappa shape index (κ1) is 107. The van der Waals surface area contributed by atoms with Gasteiger partial charge >= 0.3 is 30.1 Å². The Labute approximate surface area is 651 Å². The first-order valence-corrected chi connectivity index (χ1v) is 36.9. The number of likely N-dealkylation sites (tertiary alicyclic amines) is 1. The number of alkyl carbamates (subject to hydrolysis) is 2. The van der Waals surface area contributed by atoms with Gasteiger partial charge in [-0.05, 0) is 69.3 Å². The van der Waals surface area contributed by atoms with Crippen molar-refractivity contribution in [1.29, 1.82) is 0 Å². The zero-order chi connectivity index (χ0) is 82.2. The van der Waals surface area contributed by atoms with Gasteiger partial charge in [-0.25, -0.2) is 14.4 Å². The van der Waals surface area contributed by atoms with Crippen LogP contribution in [-0.4, -0.2) is 295 Å². The third-order valence-corrected chi connectivity index (χ3v) is 17.8. The van der Waals surface area contributed by atoms with Gasteiger partial charge in [0.1, 0.15) is 31.4 Å². The molecule has 1 aromatic carbocycles. The van der Waals surface area contributed by atoms with Crippen LogP contribution in [0.3, 0.4) is 0 Å². The lowest BCUT2D eigenvalue weighted by Crippen LogP contribution is -2.59. The summed E-state index contributed by atoms with van der Waals surface area (Å²) in [7, 11) is 8.84. The van der Waals surface area contributed by atoms with Crippen LogP contribution in [0.2, 0.25) is 0 Å². The molecule has 7 amide bonds. The fourth-order valence-corrected chi connectivity index (χ4v) is 10.8. The van der Waals surface area contributed by atoms with Crippen molar-refractivity contribution in [2.75, 3.05) is 108 Å². The predicted molar refractivity (Wildman–Crippen MR) is 407 cm³/mol. The van der Waals surface area contributed by atoms with Crippen LogP contribution in [0.15, 0.2) is 30.3 Å². The first-order chi connectivity index (χ1) is 51.2. The number of esters is 2. The van der Waals surface area contributed by atoms with Gasteiger partial charge in [0.15, 0.2) is 25.0 Å². The number of aliphatic carboxylic acids is 1. The van der Waals surface area contributed by atoms with Crippen molar-refractivity contribution < 1.29 is 130 Å². The normalized spacial score (nSPS) is 16.8. The molecule has 1 aliphatic rings. The number of carbonyl (C=O) groups excluding carboxylic acids is 9. The Morgan fingerprint density at radius 2 is 1.12 bits per heavy atom. The van der Waals surface area contributed by atoms with Crippen molar-refractivity contribution in [3.63, 3.8) is 0 Å². The summed E-state index contributed by atoms with van der Waals surface area (Å²) in [5, 5.41) is 57.2. The molecule has 0 bridgehead atoms. The third kappa shape index (κ3) is 41.5. The number of nitrogens with one attached hydrogen (secondary N) is 5. The van der Waals surface area contributed by atoms with E-state index in [1.165, 1.54) is 49.4 Å². The van der Waals surface area contributed by atoms with Gasteiger partial charge in [-0.15, -0.1) is 0 Å². The second kappa shape index (κ2) is 60.6. The van der Waals surface area contributed by atoms with Gasteiger partial charge in [0.05, 0.1) is 107 Å². The van der Waals surface area contributed by atoms with Crippen molar-refractivity contribution in [2.45, 2.75) is 254 Å². The maximum absolute atomic E-state index is 14.4. The molecule has 0 aromatic heterocycles. The Hall–Kier alpha value is -7.00. The molecule has 1 aliphatic heterocycles. The number of likely N-dealkylation sites (N-methyl/N-ethyl adjacent to an activating group) is 1. The van der Waals surface area contributed by atoms with Gasteiger partial charge in [-0.2, -0.15) is 0 Å². The number of carbonyl (C=O) groups is 10. The van der Waals surface area contributed by atoms with E-state index in [1.54, 1.807) is 23.8 Å². The van der Waals surface area contributed by atoms with Crippen molar-refractivity contribution in [3.05, 3.63) is 35.9 Å². The Morgan fingerprint density at radius 1 is 0.609 bits per heavy atom. The summed E-state index contributed by atoms with van der Waals surface area (Å²) in [6.07, 6.45) is -5.54. The minimum atomic E-state index is -1.33. The average molecular weight is 1580 g/mol. The van der Waals surface area contributed by atoms with E-state index in [2.05, 4.69) is 26.6 Å². The predicted octanol–water partition coefficient (Wildman–Crippen LogP) is 3.57. The molecule has 0 aliphatic carbocycles. The minimum Gasteiger partial charge on any atom is -0.481 e. The molecule has 0 radical (unpaired) electrons. The molecule has 1 fully saturated rings. The van der Waals surface area contributed by atoms with Crippen LogP contribution in [0, 0.1) is 23.7 Å². The molecule has 12 N–H and O–H groups in total. The topological polar surface area (TPSA) is 475 Å². The number of methoxy groups -OCH3 is 5. The number of aliphatic hydroxyl groups is 4. The average Bonchev–Trinajstić information content (AvgIpc) is 1.47. The molecule has 1 aromatic rings. The van der Waals surface area contributed by atoms with Gasteiger partial charge in [0.25, 0.3) is 0 Å². The van der Waals surface area contributed by atoms with E-state index < -0.39 is 133 Å². The number of hydrogen-bond acceptors (Lipinski definition) is 27. The Balaban J connectivity index is -0.00000296. The summed E-state index contributed by atoms with van der Waals surface area (Å²) in [6, 6.07) is 5.26. The summed E-state index contributed by atoms with van der Waals surface area (Å²) in [6.45, 7) is 20.4. The van der Waals surface area contributed by atoms with Crippen molar-refractivity contribution in [2.24, 2.45) is 29.4 Å². The quantitative estimate of drug-likeness (QED) is 0.0252. The summed E-state index contributed by atoms with van der Waals surface area (Å²) in [4.78, 5) is 132. The molecule has 17 atom stereocenters. The van der Waals surface area contributed by atoms with Crippen LogP contribution in [0.1, 0.15) is 161 Å². The second-order valence-electron chi connectivity index (χ2n) is 26.6. The summed E-state index contributed by atoms with van der Waals surface area (Å²) in [5.74, 6) is -6.12. The molecule has 110 heavy (non-hydrogen) atoms. The SMILES string of the molecule is C.C.CCC(CO)OC(CO)OC.CCC(CO)OC(COC(=O)NCCC(=O)O)OC.CCC(CO)OC(COC(=O)NCCC(=O)O[C@@H](C)C(=O)O[C@@H](C)CNC(=O)[C@H](Cc1ccccc1)NC(=O)[C@H](C)[C@@H](OC)[C@@H]1CCCN1C(=O)C[C@@H](OC)[C@H]([C@@H](C)CC)N(C)C(=O)[C@@H](NC(=O)[C@@H](N)C(C)C)C(C)C)OC. The molecule has 2 rings (SSSR count). The zero-order valence-electron chi connectivity index (χ0n) is 66.7. The standard InChI is InChI=1S/C55H93N7O16.C11H21NO7.C7H16O4.2CH4/c1-15-34(7)48(61(11)53(69)47(33(5)6)60-52(68)46(56)32(3)4)42(72-12)28-43(64)62-26-20-23-41(62)49(74-14)36(9)50(66)59-40(27-38-21-18-17-19-22-38)51(67)58-29-35(8)76-54(70)37(10)77-44(65)24-25-57-55(71)75-31-45(73-13)78-39(16-2)30-63;1-3-8(6-13)19-10(17-2)7-18-11(16)12-5-4-9(14)15;1-3-6(4-8)11-7(5-9)10-2;;/h17-19,21-22,32-37,39-42,45-49,63H,15-16,20,23-31,56H2,1-14H3,(H,57,71)(H,58,67)(H,59,66)(H,60,68);8,10,13H,3-7H2,1-2H3,(H,12,16)(H,14,15);6-9H,3-5H2,1-2H3;2*1H4/t34-,35-,36+,37-,39?,40-,41-,42+,45?,46-,47-,48-,49+;;;;/m0..../s1. The molecular formula is C75H138N8O27. The number of nitrogens with zero attached hydrogens (tertiary/aromatic N) is 2. The lowest BCUT2D eigenvalue weighted by molar-refractivity contribution is -0.181. The van der Waals surface area contributed by atoms with E-state index >= 15 is 0 Å². The fourth-order valence-electron chi connectivity index (χ4n) is 10.8. The molecular weight excluding hydrogens is 1440 g/mol. The van der Waals surface area contributed by atoms with E-state index in [9.17, 15) is 53.1 Å². The van der Waals surface area contributed by atoms with Gasteiger partial charge in [-0.1, -0.05) is 121 Å².